The van der Waals surface area contributed by atoms with Crippen molar-refractivity contribution in [1.82, 2.24) is 5.32 Å². The zero-order chi connectivity index (χ0) is 15.4. The number of nitrogens with two attached hydrogens (primary N) is 1. The van der Waals surface area contributed by atoms with Gasteiger partial charge in [0, 0.05) is 38.3 Å². The maximum atomic E-state index is 10.9. The second-order valence-corrected chi connectivity index (χ2v) is 5.37. The van der Waals surface area contributed by atoms with Crippen LogP contribution < -0.4 is 16.0 Å². The van der Waals surface area contributed by atoms with E-state index in [0.717, 1.165) is 31.6 Å². The molecule has 2 rings (SSSR count). The average molecular weight is 292 g/mol. The Morgan fingerprint density at radius 2 is 2.14 bits per heavy atom. The highest BCUT2D eigenvalue weighted by atomic mass is 16.6. The molecule has 0 aliphatic carbocycles. The van der Waals surface area contributed by atoms with Gasteiger partial charge in [-0.15, -0.1) is 0 Å². The number of anilines is 2. The van der Waals surface area contributed by atoms with Gasteiger partial charge in [0.2, 0.25) is 5.91 Å². The minimum Gasteiger partial charge on any atom is -0.393 e. The summed E-state index contributed by atoms with van der Waals surface area (Å²) in [6.45, 7) is 3.96. The van der Waals surface area contributed by atoms with Gasteiger partial charge in [0.15, 0.2) is 0 Å². The number of nitro groups is 1. The van der Waals surface area contributed by atoms with Crippen molar-refractivity contribution in [2.24, 2.45) is 5.92 Å². The summed E-state index contributed by atoms with van der Waals surface area (Å²) in [6.07, 6.45) is 1.97. The van der Waals surface area contributed by atoms with Gasteiger partial charge in [-0.25, -0.2) is 0 Å². The number of rotatable bonds is 4. The van der Waals surface area contributed by atoms with Crippen molar-refractivity contribution in [3.8, 4) is 0 Å². The van der Waals surface area contributed by atoms with Crippen molar-refractivity contribution in [2.75, 3.05) is 30.3 Å². The molecular formula is C14H20N4O3. The van der Waals surface area contributed by atoms with Crippen LogP contribution >= 0.6 is 0 Å². The topological polar surface area (TPSA) is 102 Å². The van der Waals surface area contributed by atoms with Crippen LogP contribution in [-0.2, 0) is 4.79 Å². The molecule has 0 spiro atoms. The molecule has 114 valence electrons. The summed E-state index contributed by atoms with van der Waals surface area (Å²) in [5.74, 6) is 0.487. The third kappa shape index (κ3) is 3.84. The number of nitrogens with one attached hydrogen (secondary N) is 1. The van der Waals surface area contributed by atoms with Crippen LogP contribution in [0.25, 0.3) is 0 Å². The van der Waals surface area contributed by atoms with Gasteiger partial charge in [0.1, 0.15) is 5.69 Å². The summed E-state index contributed by atoms with van der Waals surface area (Å²) in [5.41, 5.74) is 6.77. The number of hydrogen-bond acceptors (Lipinski definition) is 5. The lowest BCUT2D eigenvalue weighted by Gasteiger charge is -2.33. The van der Waals surface area contributed by atoms with Gasteiger partial charge in [-0.2, -0.15) is 0 Å². The Morgan fingerprint density at radius 3 is 2.67 bits per heavy atom. The summed E-state index contributed by atoms with van der Waals surface area (Å²) >= 11 is 0. The Balaban J connectivity index is 1.94. The highest BCUT2D eigenvalue weighted by molar-refractivity contribution is 5.72. The fourth-order valence-corrected chi connectivity index (χ4v) is 2.59. The van der Waals surface area contributed by atoms with Crippen LogP contribution in [0.4, 0.5) is 17.1 Å². The van der Waals surface area contributed by atoms with Crippen molar-refractivity contribution in [2.45, 2.75) is 19.8 Å². The molecule has 1 saturated heterocycles. The van der Waals surface area contributed by atoms with Crippen LogP contribution in [0.2, 0.25) is 0 Å². The fourth-order valence-electron chi connectivity index (χ4n) is 2.59. The largest absolute Gasteiger partial charge is 0.393 e. The molecule has 0 atom stereocenters. The van der Waals surface area contributed by atoms with Gasteiger partial charge in [-0.1, -0.05) is 0 Å². The van der Waals surface area contributed by atoms with Crippen molar-refractivity contribution in [1.29, 1.82) is 0 Å². The minimum atomic E-state index is -0.473. The van der Waals surface area contributed by atoms with E-state index in [1.165, 1.54) is 13.0 Å². The molecule has 1 aromatic carbocycles. The van der Waals surface area contributed by atoms with Gasteiger partial charge in [0.05, 0.1) is 4.92 Å². The Bertz CT molecular complexity index is 539. The van der Waals surface area contributed by atoms with Crippen molar-refractivity contribution >= 4 is 23.0 Å². The predicted molar refractivity (Wildman–Crippen MR) is 81.1 cm³/mol. The molecule has 1 amide bonds. The Kier molecular flexibility index (Phi) is 4.62. The molecule has 0 saturated carbocycles. The van der Waals surface area contributed by atoms with Crippen LogP contribution in [0.1, 0.15) is 19.8 Å². The lowest BCUT2D eigenvalue weighted by Crippen LogP contribution is -2.38. The molecule has 1 fully saturated rings. The van der Waals surface area contributed by atoms with E-state index in [-0.39, 0.29) is 17.3 Å². The first-order valence-electron chi connectivity index (χ1n) is 7.00. The summed E-state index contributed by atoms with van der Waals surface area (Å²) in [6, 6.07) is 4.85. The maximum absolute atomic E-state index is 10.9. The molecule has 0 bridgehead atoms. The third-order valence-electron chi connectivity index (χ3n) is 3.83. The van der Waals surface area contributed by atoms with E-state index >= 15 is 0 Å². The number of nitrogens with zero attached hydrogens (tertiary/aromatic N) is 2. The molecule has 1 heterocycles. The summed E-state index contributed by atoms with van der Waals surface area (Å²) in [5, 5.41) is 13.6. The normalized spacial score (nSPS) is 15.8. The predicted octanol–water partition coefficient (Wildman–Crippen LogP) is 1.53. The summed E-state index contributed by atoms with van der Waals surface area (Å²) in [7, 11) is 0. The van der Waals surface area contributed by atoms with Gasteiger partial charge in [-0.05, 0) is 30.9 Å². The standard InChI is InChI=1S/C14H20N4O3/c1-10(19)16-9-11-4-6-17(7-5-11)12-2-3-14(18(20)21)13(15)8-12/h2-3,8,11H,4-7,9,15H2,1H3,(H,16,19). The molecular weight excluding hydrogens is 272 g/mol. The monoisotopic (exact) mass is 292 g/mol. The zero-order valence-corrected chi connectivity index (χ0v) is 12.0. The number of carbonyl (C=O) groups is 1. The molecule has 3 N–H and O–H groups in total. The summed E-state index contributed by atoms with van der Waals surface area (Å²) < 4.78 is 0. The zero-order valence-electron chi connectivity index (χ0n) is 12.0. The van der Waals surface area contributed by atoms with Crippen LogP contribution in [0, 0.1) is 16.0 Å². The first-order valence-corrected chi connectivity index (χ1v) is 7.00. The smallest absolute Gasteiger partial charge is 0.292 e. The first-order chi connectivity index (χ1) is 9.97. The highest BCUT2D eigenvalue weighted by Gasteiger charge is 2.21. The van der Waals surface area contributed by atoms with Crippen LogP contribution in [0.3, 0.4) is 0 Å². The molecule has 1 aromatic rings. The molecule has 0 radical (unpaired) electrons. The van der Waals surface area contributed by atoms with Crippen molar-refractivity contribution in [3.63, 3.8) is 0 Å². The van der Waals surface area contributed by atoms with Gasteiger partial charge in [0.25, 0.3) is 5.69 Å². The molecule has 7 heteroatoms. The molecule has 7 nitrogen and oxygen atoms in total. The average Bonchev–Trinajstić information content (AvgIpc) is 2.45. The van der Waals surface area contributed by atoms with E-state index in [1.807, 2.05) is 0 Å². The molecule has 1 aliphatic heterocycles. The number of piperidine rings is 1. The first kappa shape index (κ1) is 15.1. The van der Waals surface area contributed by atoms with E-state index in [9.17, 15) is 14.9 Å². The number of benzene rings is 1. The molecule has 1 aliphatic rings. The minimum absolute atomic E-state index is 0.000530. The van der Waals surface area contributed by atoms with Gasteiger partial charge < -0.3 is 16.0 Å². The van der Waals surface area contributed by atoms with E-state index < -0.39 is 4.92 Å². The number of hydrogen-bond donors (Lipinski definition) is 2. The second-order valence-electron chi connectivity index (χ2n) is 5.37. The quantitative estimate of drug-likeness (QED) is 0.498. The van der Waals surface area contributed by atoms with Crippen LogP contribution in [0.5, 0.6) is 0 Å². The number of nitro benzene ring substituents is 1. The Morgan fingerprint density at radius 1 is 1.48 bits per heavy atom. The van der Waals surface area contributed by atoms with Gasteiger partial charge in [-0.3, -0.25) is 14.9 Å². The fraction of sp³-hybridized carbons (Fsp3) is 0.500. The van der Waals surface area contributed by atoms with E-state index in [2.05, 4.69) is 10.2 Å². The van der Waals surface area contributed by atoms with E-state index in [0.29, 0.717) is 12.5 Å². The Labute approximate surface area is 123 Å². The van der Waals surface area contributed by atoms with E-state index in [1.54, 1.807) is 12.1 Å². The number of nitrogen functional groups attached to an aromatic ring is 1. The SMILES string of the molecule is CC(=O)NCC1CCN(c2ccc([N+](=O)[O-])c(N)c2)CC1. The lowest BCUT2D eigenvalue weighted by molar-refractivity contribution is -0.383. The summed E-state index contributed by atoms with van der Waals surface area (Å²) in [4.78, 5) is 23.4. The molecule has 21 heavy (non-hydrogen) atoms. The highest BCUT2D eigenvalue weighted by Crippen LogP contribution is 2.29. The van der Waals surface area contributed by atoms with E-state index in [4.69, 9.17) is 5.73 Å². The Hall–Kier alpha value is -2.31. The molecule has 0 unspecified atom stereocenters. The molecule has 0 aromatic heterocycles. The number of amides is 1. The van der Waals surface area contributed by atoms with Gasteiger partial charge >= 0.3 is 0 Å². The lowest BCUT2D eigenvalue weighted by atomic mass is 9.96. The maximum Gasteiger partial charge on any atom is 0.292 e. The van der Waals surface area contributed by atoms with Crippen LogP contribution in [0.15, 0.2) is 18.2 Å². The second kappa shape index (κ2) is 6.43. The third-order valence-corrected chi connectivity index (χ3v) is 3.83. The van der Waals surface area contributed by atoms with Crippen molar-refractivity contribution in [3.05, 3.63) is 28.3 Å². The van der Waals surface area contributed by atoms with Crippen LogP contribution in [-0.4, -0.2) is 30.5 Å². The number of carbonyl (C=O) groups excluding carboxylic acids is 1. The van der Waals surface area contributed by atoms with Crippen molar-refractivity contribution < 1.29 is 9.72 Å².